The maximum absolute atomic E-state index is 5.93. The minimum atomic E-state index is 0.576. The molecule has 0 radical (unpaired) electrons. The van der Waals surface area contributed by atoms with E-state index in [4.69, 9.17) is 5.73 Å². The summed E-state index contributed by atoms with van der Waals surface area (Å²) >= 11 is 0. The monoisotopic (exact) mass is 282 g/mol. The van der Waals surface area contributed by atoms with Gasteiger partial charge in [0.1, 0.15) is 17.5 Å². The Morgan fingerprint density at radius 3 is 2.81 bits per heavy atom. The van der Waals surface area contributed by atoms with Crippen molar-refractivity contribution in [2.45, 2.75) is 32.1 Å². The van der Waals surface area contributed by atoms with Crippen LogP contribution in [-0.2, 0) is 6.42 Å². The van der Waals surface area contributed by atoms with E-state index in [0.29, 0.717) is 11.7 Å². The molecule has 0 spiro atoms. The Kier molecular flexibility index (Phi) is 4.04. The number of aryl methyl sites for hydroxylation is 1. The van der Waals surface area contributed by atoms with Crippen molar-refractivity contribution in [2.24, 2.45) is 0 Å². The van der Waals surface area contributed by atoms with E-state index in [-0.39, 0.29) is 0 Å². The lowest BCUT2D eigenvalue weighted by molar-refractivity contribution is 0.772. The highest BCUT2D eigenvalue weighted by Crippen LogP contribution is 2.30. The zero-order valence-corrected chi connectivity index (χ0v) is 12.5. The summed E-state index contributed by atoms with van der Waals surface area (Å²) in [5.74, 6) is 2.99. The standard InChI is InChI=1S/C17H22N4/c1-2-6-16-19-15(18)11-17(20-16)21-10-9-14(12-21)13-7-4-3-5-8-13/h3-5,7-8,11,14H,2,6,9-10,12H2,1H3,(H2,18,19,20). The number of hydrogen-bond acceptors (Lipinski definition) is 4. The maximum atomic E-state index is 5.93. The Bertz CT molecular complexity index is 597. The molecule has 0 aliphatic carbocycles. The summed E-state index contributed by atoms with van der Waals surface area (Å²) in [5, 5.41) is 0. The quantitative estimate of drug-likeness (QED) is 0.936. The van der Waals surface area contributed by atoms with Gasteiger partial charge in [-0.3, -0.25) is 0 Å². The number of nitrogens with two attached hydrogens (primary N) is 1. The van der Waals surface area contributed by atoms with Gasteiger partial charge >= 0.3 is 0 Å². The summed E-state index contributed by atoms with van der Waals surface area (Å²) in [7, 11) is 0. The van der Waals surface area contributed by atoms with E-state index in [9.17, 15) is 0 Å². The topological polar surface area (TPSA) is 55.0 Å². The molecule has 0 bridgehead atoms. The first-order valence-corrected chi connectivity index (χ1v) is 7.69. The molecule has 1 atom stereocenters. The molecule has 2 heterocycles. The van der Waals surface area contributed by atoms with E-state index in [1.807, 2.05) is 6.07 Å². The predicted molar refractivity (Wildman–Crippen MR) is 86.5 cm³/mol. The molecule has 2 N–H and O–H groups in total. The van der Waals surface area contributed by atoms with Gasteiger partial charge < -0.3 is 10.6 Å². The highest BCUT2D eigenvalue weighted by Gasteiger charge is 2.25. The summed E-state index contributed by atoms with van der Waals surface area (Å²) < 4.78 is 0. The van der Waals surface area contributed by atoms with Gasteiger partial charge in [-0.25, -0.2) is 9.97 Å². The summed E-state index contributed by atoms with van der Waals surface area (Å²) in [6, 6.07) is 12.6. The molecular formula is C17H22N4. The minimum absolute atomic E-state index is 0.576. The number of rotatable bonds is 4. The minimum Gasteiger partial charge on any atom is -0.384 e. The molecule has 3 rings (SSSR count). The number of anilines is 2. The zero-order chi connectivity index (χ0) is 14.7. The highest BCUT2D eigenvalue weighted by atomic mass is 15.2. The third-order valence-corrected chi connectivity index (χ3v) is 4.04. The SMILES string of the molecule is CCCc1nc(N)cc(N2CCC(c3ccccc3)C2)n1. The van der Waals surface area contributed by atoms with Crippen LogP contribution in [0.25, 0.3) is 0 Å². The molecule has 21 heavy (non-hydrogen) atoms. The van der Waals surface area contributed by atoms with Gasteiger partial charge in [-0.1, -0.05) is 37.3 Å². The Morgan fingerprint density at radius 1 is 1.24 bits per heavy atom. The van der Waals surface area contributed by atoms with Crippen LogP contribution in [0.1, 0.15) is 37.1 Å². The van der Waals surface area contributed by atoms with Crippen molar-refractivity contribution in [3.63, 3.8) is 0 Å². The summed E-state index contributed by atoms with van der Waals surface area (Å²) in [5.41, 5.74) is 7.34. The second-order valence-electron chi connectivity index (χ2n) is 5.66. The lowest BCUT2D eigenvalue weighted by Crippen LogP contribution is -2.21. The molecule has 1 aromatic carbocycles. The predicted octanol–water partition coefficient (Wildman–Crippen LogP) is 3.01. The van der Waals surface area contributed by atoms with Crippen molar-refractivity contribution in [1.29, 1.82) is 0 Å². The third-order valence-electron chi connectivity index (χ3n) is 4.04. The van der Waals surface area contributed by atoms with Gasteiger partial charge in [0, 0.05) is 31.5 Å². The number of nitrogens with zero attached hydrogens (tertiary/aromatic N) is 3. The molecule has 1 saturated heterocycles. The summed E-state index contributed by atoms with van der Waals surface area (Å²) in [6.07, 6.45) is 3.08. The Balaban J connectivity index is 1.77. The van der Waals surface area contributed by atoms with Crippen molar-refractivity contribution in [1.82, 2.24) is 9.97 Å². The van der Waals surface area contributed by atoms with Gasteiger partial charge in [0.2, 0.25) is 0 Å². The summed E-state index contributed by atoms with van der Waals surface area (Å²) in [4.78, 5) is 11.3. The average Bonchev–Trinajstić information content (AvgIpc) is 2.98. The molecule has 1 aliphatic heterocycles. The Hall–Kier alpha value is -2.10. The van der Waals surface area contributed by atoms with Gasteiger partial charge in [0.25, 0.3) is 0 Å². The first kappa shape index (κ1) is 13.9. The normalized spacial score (nSPS) is 18.1. The second-order valence-corrected chi connectivity index (χ2v) is 5.66. The lowest BCUT2D eigenvalue weighted by Gasteiger charge is -2.18. The van der Waals surface area contributed by atoms with Crippen molar-refractivity contribution in [2.75, 3.05) is 23.7 Å². The second kappa shape index (κ2) is 6.12. The molecule has 1 aromatic heterocycles. The van der Waals surface area contributed by atoms with Crippen LogP contribution >= 0.6 is 0 Å². The van der Waals surface area contributed by atoms with Gasteiger partial charge in [0.15, 0.2) is 0 Å². The van der Waals surface area contributed by atoms with Gasteiger partial charge in [-0.15, -0.1) is 0 Å². The van der Waals surface area contributed by atoms with Crippen LogP contribution < -0.4 is 10.6 Å². The number of hydrogen-bond donors (Lipinski definition) is 1. The fourth-order valence-corrected chi connectivity index (χ4v) is 2.97. The number of nitrogen functional groups attached to an aromatic ring is 1. The van der Waals surface area contributed by atoms with Crippen LogP contribution in [0, 0.1) is 0 Å². The van der Waals surface area contributed by atoms with E-state index in [1.165, 1.54) is 5.56 Å². The molecule has 110 valence electrons. The molecule has 0 saturated carbocycles. The average molecular weight is 282 g/mol. The molecule has 0 amide bonds. The van der Waals surface area contributed by atoms with Crippen LogP contribution in [0.15, 0.2) is 36.4 Å². The van der Waals surface area contributed by atoms with Crippen LogP contribution in [0.2, 0.25) is 0 Å². The molecule has 2 aromatic rings. The van der Waals surface area contributed by atoms with E-state index in [1.54, 1.807) is 0 Å². The first-order valence-electron chi connectivity index (χ1n) is 7.69. The van der Waals surface area contributed by atoms with Crippen molar-refractivity contribution in [3.8, 4) is 0 Å². The highest BCUT2D eigenvalue weighted by molar-refractivity contribution is 5.48. The van der Waals surface area contributed by atoms with Crippen LogP contribution in [0.4, 0.5) is 11.6 Å². The van der Waals surface area contributed by atoms with Crippen molar-refractivity contribution >= 4 is 11.6 Å². The smallest absolute Gasteiger partial charge is 0.134 e. The largest absolute Gasteiger partial charge is 0.384 e. The number of aromatic nitrogens is 2. The Labute approximate surface area is 126 Å². The fourth-order valence-electron chi connectivity index (χ4n) is 2.97. The van der Waals surface area contributed by atoms with Crippen LogP contribution in [0.3, 0.4) is 0 Å². The molecule has 1 unspecified atom stereocenters. The molecule has 4 heteroatoms. The number of benzene rings is 1. The van der Waals surface area contributed by atoms with E-state index in [0.717, 1.165) is 44.0 Å². The van der Waals surface area contributed by atoms with Crippen molar-refractivity contribution < 1.29 is 0 Å². The third kappa shape index (κ3) is 3.15. The van der Waals surface area contributed by atoms with Gasteiger partial charge in [-0.2, -0.15) is 0 Å². The molecule has 1 aliphatic rings. The lowest BCUT2D eigenvalue weighted by atomic mass is 9.99. The molecule has 4 nitrogen and oxygen atoms in total. The van der Waals surface area contributed by atoms with Crippen molar-refractivity contribution in [3.05, 3.63) is 47.8 Å². The zero-order valence-electron chi connectivity index (χ0n) is 12.5. The first-order chi connectivity index (χ1) is 10.3. The van der Waals surface area contributed by atoms with E-state index >= 15 is 0 Å². The maximum Gasteiger partial charge on any atom is 0.134 e. The fraction of sp³-hybridized carbons (Fsp3) is 0.412. The van der Waals surface area contributed by atoms with Gasteiger partial charge in [0.05, 0.1) is 0 Å². The van der Waals surface area contributed by atoms with E-state index < -0.39 is 0 Å². The molecule has 1 fully saturated rings. The van der Waals surface area contributed by atoms with E-state index in [2.05, 4.69) is 52.1 Å². The summed E-state index contributed by atoms with van der Waals surface area (Å²) in [6.45, 7) is 4.17. The van der Waals surface area contributed by atoms with Crippen LogP contribution in [0.5, 0.6) is 0 Å². The molecular weight excluding hydrogens is 260 g/mol. The Morgan fingerprint density at radius 2 is 2.05 bits per heavy atom. The van der Waals surface area contributed by atoms with Gasteiger partial charge in [-0.05, 0) is 18.4 Å². The van der Waals surface area contributed by atoms with Crippen LogP contribution in [-0.4, -0.2) is 23.1 Å².